The Bertz CT molecular complexity index is 1200. The van der Waals surface area contributed by atoms with Gasteiger partial charge < -0.3 is 10.3 Å². The zero-order chi connectivity index (χ0) is 22.0. The summed E-state index contributed by atoms with van der Waals surface area (Å²) in [6, 6.07) is 8.31. The zero-order valence-electron chi connectivity index (χ0n) is 17.1. The fraction of sp³-hybridized carbons (Fsp3) is 0.333. The van der Waals surface area contributed by atoms with E-state index in [1.54, 1.807) is 37.4 Å². The van der Waals surface area contributed by atoms with Crippen molar-refractivity contribution in [2.24, 2.45) is 0 Å². The molecule has 3 heterocycles. The van der Waals surface area contributed by atoms with Crippen LogP contribution in [0.3, 0.4) is 0 Å². The minimum Gasteiger partial charge on any atom is -0.351 e. The molecule has 31 heavy (non-hydrogen) atoms. The highest BCUT2D eigenvalue weighted by molar-refractivity contribution is 7.89. The summed E-state index contributed by atoms with van der Waals surface area (Å²) in [7, 11) is -3.65. The first kappa shape index (κ1) is 21.4. The van der Waals surface area contributed by atoms with Crippen LogP contribution in [0.1, 0.15) is 11.1 Å². The number of hydrogen-bond acceptors (Lipinski definition) is 5. The molecule has 0 spiro atoms. The predicted octanol–water partition coefficient (Wildman–Crippen LogP) is 1.63. The van der Waals surface area contributed by atoms with Gasteiger partial charge in [0.15, 0.2) is 0 Å². The fourth-order valence-corrected chi connectivity index (χ4v) is 5.19. The number of aromatic nitrogens is 2. The Morgan fingerprint density at radius 2 is 2.00 bits per heavy atom. The number of carbonyl (C=O) groups excluding carboxylic acids is 1. The quantitative estimate of drug-likeness (QED) is 0.601. The minimum atomic E-state index is -3.65. The summed E-state index contributed by atoms with van der Waals surface area (Å²) in [5.74, 6) is -0.477. The Morgan fingerprint density at radius 1 is 1.23 bits per heavy atom. The van der Waals surface area contributed by atoms with Gasteiger partial charge in [0.05, 0.1) is 6.54 Å². The summed E-state index contributed by atoms with van der Waals surface area (Å²) in [5, 5.41) is 3.35. The Kier molecular flexibility index (Phi) is 6.03. The van der Waals surface area contributed by atoms with Crippen molar-refractivity contribution in [1.29, 1.82) is 0 Å². The average molecular weight is 446 g/mol. The predicted molar refractivity (Wildman–Crippen MR) is 114 cm³/mol. The molecule has 2 aromatic heterocycles. The zero-order valence-corrected chi connectivity index (χ0v) is 18.0. The summed E-state index contributed by atoms with van der Waals surface area (Å²) in [4.78, 5) is 21.4. The average Bonchev–Trinajstić information content (AvgIpc) is 3.20. The van der Waals surface area contributed by atoms with Crippen LogP contribution in [0.15, 0.2) is 47.6 Å². The molecule has 10 heteroatoms. The van der Waals surface area contributed by atoms with E-state index in [9.17, 15) is 17.6 Å². The van der Waals surface area contributed by atoms with E-state index in [0.717, 1.165) is 0 Å². The van der Waals surface area contributed by atoms with Crippen molar-refractivity contribution in [3.63, 3.8) is 0 Å². The molecule has 3 aromatic rings. The van der Waals surface area contributed by atoms with Gasteiger partial charge in [-0.25, -0.2) is 17.8 Å². The first-order valence-electron chi connectivity index (χ1n) is 10.0. The molecule has 1 saturated heterocycles. The molecule has 0 saturated carbocycles. The second kappa shape index (κ2) is 8.74. The van der Waals surface area contributed by atoms with E-state index >= 15 is 0 Å². The van der Waals surface area contributed by atoms with Crippen molar-refractivity contribution in [2.45, 2.75) is 18.4 Å². The normalized spacial score (nSPS) is 15.9. The first-order chi connectivity index (χ1) is 14.8. The highest BCUT2D eigenvalue weighted by Crippen LogP contribution is 2.25. The highest BCUT2D eigenvalue weighted by atomic mass is 32.2. The van der Waals surface area contributed by atoms with Crippen LogP contribution in [0.25, 0.3) is 11.0 Å². The number of nitrogens with one attached hydrogen (secondary N) is 2. The van der Waals surface area contributed by atoms with Gasteiger partial charge in [-0.15, -0.1) is 0 Å². The molecule has 0 radical (unpaired) electrons. The summed E-state index contributed by atoms with van der Waals surface area (Å²) in [6.45, 7) is 3.60. The highest BCUT2D eigenvalue weighted by Gasteiger charge is 2.31. The lowest BCUT2D eigenvalue weighted by Gasteiger charge is -2.33. The van der Waals surface area contributed by atoms with Crippen LogP contribution in [-0.4, -0.2) is 66.2 Å². The van der Waals surface area contributed by atoms with E-state index in [-0.39, 0.29) is 29.7 Å². The largest absolute Gasteiger partial charge is 0.351 e. The molecule has 1 aliphatic heterocycles. The number of nitrogens with zero attached hydrogens (tertiary/aromatic N) is 3. The van der Waals surface area contributed by atoms with Crippen LogP contribution in [-0.2, 0) is 21.4 Å². The Labute approximate surface area is 180 Å². The number of sulfonamides is 1. The van der Waals surface area contributed by atoms with Crippen molar-refractivity contribution in [1.82, 2.24) is 24.5 Å². The molecular formula is C21H24FN5O3S. The molecule has 1 fully saturated rings. The molecular weight excluding hydrogens is 421 g/mol. The SMILES string of the molecule is Cc1ccc(CNC(=O)CN2CCN(S(=O)(=O)c3c[nH]c4ncccc34)CC2)cc1F. The molecule has 1 aliphatic rings. The van der Waals surface area contributed by atoms with E-state index < -0.39 is 10.0 Å². The van der Waals surface area contributed by atoms with Crippen LogP contribution < -0.4 is 5.32 Å². The molecule has 1 aromatic carbocycles. The molecule has 0 atom stereocenters. The number of piperazine rings is 1. The minimum absolute atomic E-state index is 0.166. The molecule has 0 unspecified atom stereocenters. The summed E-state index contributed by atoms with van der Waals surface area (Å²) >= 11 is 0. The third-order valence-corrected chi connectivity index (χ3v) is 7.39. The second-order valence-electron chi connectivity index (χ2n) is 7.59. The molecule has 8 nitrogen and oxygen atoms in total. The van der Waals surface area contributed by atoms with Crippen molar-refractivity contribution in [3.8, 4) is 0 Å². The van der Waals surface area contributed by atoms with Crippen LogP contribution in [0.2, 0.25) is 0 Å². The number of aryl methyl sites for hydroxylation is 1. The van der Waals surface area contributed by atoms with Gasteiger partial charge in [-0.1, -0.05) is 12.1 Å². The number of pyridine rings is 1. The van der Waals surface area contributed by atoms with Gasteiger partial charge in [-0.05, 0) is 36.2 Å². The third-order valence-electron chi connectivity index (χ3n) is 5.46. The second-order valence-corrected chi connectivity index (χ2v) is 9.50. The summed E-state index contributed by atoms with van der Waals surface area (Å²) < 4.78 is 41.2. The van der Waals surface area contributed by atoms with Crippen molar-refractivity contribution in [3.05, 3.63) is 59.7 Å². The van der Waals surface area contributed by atoms with Gasteiger partial charge in [0.25, 0.3) is 0 Å². The Hall–Kier alpha value is -2.82. The molecule has 4 rings (SSSR count). The number of amides is 1. The summed E-state index contributed by atoms with van der Waals surface area (Å²) in [6.07, 6.45) is 3.08. The van der Waals surface area contributed by atoms with Crippen LogP contribution >= 0.6 is 0 Å². The van der Waals surface area contributed by atoms with E-state index in [2.05, 4.69) is 15.3 Å². The van der Waals surface area contributed by atoms with E-state index in [0.29, 0.717) is 48.3 Å². The monoisotopic (exact) mass is 445 g/mol. The first-order valence-corrected chi connectivity index (χ1v) is 11.4. The van der Waals surface area contributed by atoms with E-state index in [1.807, 2.05) is 4.90 Å². The topological polar surface area (TPSA) is 98.4 Å². The maximum absolute atomic E-state index is 13.6. The van der Waals surface area contributed by atoms with Crippen LogP contribution in [0, 0.1) is 12.7 Å². The maximum Gasteiger partial charge on any atom is 0.245 e. The number of rotatable bonds is 6. The molecule has 164 valence electrons. The van der Waals surface area contributed by atoms with Gasteiger partial charge in [-0.3, -0.25) is 9.69 Å². The summed E-state index contributed by atoms with van der Waals surface area (Å²) in [5.41, 5.74) is 1.79. The number of fused-ring (bicyclic) bond motifs is 1. The van der Waals surface area contributed by atoms with Gasteiger partial charge in [-0.2, -0.15) is 4.31 Å². The number of hydrogen-bond donors (Lipinski definition) is 2. The molecule has 1 amide bonds. The number of benzene rings is 1. The van der Waals surface area contributed by atoms with Crippen molar-refractivity contribution >= 4 is 27.0 Å². The lowest BCUT2D eigenvalue weighted by Crippen LogP contribution is -2.50. The van der Waals surface area contributed by atoms with Crippen molar-refractivity contribution < 1.29 is 17.6 Å². The van der Waals surface area contributed by atoms with Gasteiger partial charge in [0, 0.05) is 50.5 Å². The fourth-order valence-electron chi connectivity index (χ4n) is 3.62. The Morgan fingerprint density at radius 3 is 2.74 bits per heavy atom. The maximum atomic E-state index is 13.6. The third kappa shape index (κ3) is 4.60. The van der Waals surface area contributed by atoms with Gasteiger partial charge in [0.1, 0.15) is 16.4 Å². The molecule has 0 aliphatic carbocycles. The lowest BCUT2D eigenvalue weighted by molar-refractivity contribution is -0.122. The van der Waals surface area contributed by atoms with Crippen LogP contribution in [0.4, 0.5) is 4.39 Å². The van der Waals surface area contributed by atoms with E-state index in [4.69, 9.17) is 0 Å². The Balaban J connectivity index is 1.31. The molecule has 2 N–H and O–H groups in total. The van der Waals surface area contributed by atoms with E-state index in [1.165, 1.54) is 16.6 Å². The number of aromatic amines is 1. The lowest BCUT2D eigenvalue weighted by atomic mass is 10.1. The van der Waals surface area contributed by atoms with Gasteiger partial charge >= 0.3 is 0 Å². The van der Waals surface area contributed by atoms with Gasteiger partial charge in [0.2, 0.25) is 15.9 Å². The van der Waals surface area contributed by atoms with Crippen molar-refractivity contribution in [2.75, 3.05) is 32.7 Å². The number of halogens is 1. The van der Waals surface area contributed by atoms with Crippen LogP contribution in [0.5, 0.6) is 0 Å². The standard InChI is InChI=1S/C21H24FN5O3S/c1-15-4-5-16(11-18(15)22)12-24-20(28)14-26-7-9-27(10-8-26)31(29,30)19-13-25-21-17(19)3-2-6-23-21/h2-6,11,13H,7-10,12,14H2,1H3,(H,23,25)(H,24,28). The number of carbonyl (C=O) groups is 1. The molecule has 0 bridgehead atoms. The number of H-pyrrole nitrogens is 1. The smallest absolute Gasteiger partial charge is 0.245 e.